The lowest BCUT2D eigenvalue weighted by atomic mass is 10.2. The Balaban J connectivity index is 1.76. The van der Waals surface area contributed by atoms with Crippen molar-refractivity contribution in [1.82, 2.24) is 4.73 Å². The second kappa shape index (κ2) is 7.44. The number of hydrogen-bond acceptors (Lipinski definition) is 3. The van der Waals surface area contributed by atoms with Gasteiger partial charge in [-0.15, -0.1) is 0 Å². The van der Waals surface area contributed by atoms with Gasteiger partial charge in [0, 0.05) is 11.9 Å². The first kappa shape index (κ1) is 16.4. The molecule has 0 saturated carbocycles. The predicted octanol–water partition coefficient (Wildman–Crippen LogP) is 2.87. The second-order valence-electron chi connectivity index (χ2n) is 5.28. The average Bonchev–Trinajstić information content (AvgIpc) is 2.61. The molecule has 0 spiro atoms. The van der Waals surface area contributed by atoms with Crippen molar-refractivity contribution in [1.29, 1.82) is 0 Å². The Morgan fingerprint density at radius 2 is 1.84 bits per heavy atom. The molecule has 0 aliphatic carbocycles. The second-order valence-corrected chi connectivity index (χ2v) is 5.28. The quantitative estimate of drug-likeness (QED) is 0.778. The minimum absolute atomic E-state index is 0.0974. The van der Waals surface area contributed by atoms with E-state index in [1.165, 1.54) is 42.6 Å². The Bertz CT molecular complexity index is 939. The molecule has 3 rings (SSSR count). The molecular weight excluding hydrogens is 323 g/mol. The van der Waals surface area contributed by atoms with Gasteiger partial charge in [-0.2, -0.15) is 4.73 Å². The first-order valence-electron chi connectivity index (χ1n) is 7.59. The number of carbonyl (C=O) groups is 1. The number of amides is 1. The number of hydrogen-bond donors (Lipinski definition) is 1. The van der Waals surface area contributed by atoms with Crippen molar-refractivity contribution in [3.8, 4) is 0 Å². The Labute approximate surface area is 143 Å². The molecule has 0 saturated heterocycles. The van der Waals surface area contributed by atoms with Crippen LogP contribution in [0.25, 0.3) is 0 Å². The van der Waals surface area contributed by atoms with Crippen LogP contribution in [-0.2, 0) is 6.61 Å². The molecule has 1 aromatic heterocycles. The third-order valence-corrected chi connectivity index (χ3v) is 3.46. The van der Waals surface area contributed by atoms with E-state index < -0.39 is 17.3 Å². The summed E-state index contributed by atoms with van der Waals surface area (Å²) in [6.45, 7) is 0.190. The Kier molecular flexibility index (Phi) is 4.89. The maximum absolute atomic E-state index is 13.2. The lowest BCUT2D eigenvalue weighted by Crippen LogP contribution is -2.32. The summed E-state index contributed by atoms with van der Waals surface area (Å²) in [7, 11) is 0. The largest absolute Gasteiger partial charge is 0.406 e. The fraction of sp³-hybridized carbons (Fsp3) is 0.0526. The number of nitrogens with one attached hydrogen (secondary N) is 1. The molecule has 126 valence electrons. The monoisotopic (exact) mass is 338 g/mol. The summed E-state index contributed by atoms with van der Waals surface area (Å²) < 4.78 is 14.2. The van der Waals surface area contributed by atoms with Crippen molar-refractivity contribution < 1.29 is 14.0 Å². The summed E-state index contributed by atoms with van der Waals surface area (Å²) in [5, 5.41) is 2.49. The molecule has 0 fully saturated rings. The van der Waals surface area contributed by atoms with Crippen LogP contribution in [0.1, 0.15) is 15.9 Å². The Morgan fingerprint density at radius 3 is 2.60 bits per heavy atom. The van der Waals surface area contributed by atoms with Crippen LogP contribution in [0, 0.1) is 5.82 Å². The van der Waals surface area contributed by atoms with Gasteiger partial charge in [-0.1, -0.05) is 36.4 Å². The van der Waals surface area contributed by atoms with E-state index in [9.17, 15) is 14.0 Å². The van der Waals surface area contributed by atoms with Crippen molar-refractivity contribution >= 4 is 11.6 Å². The molecule has 5 nitrogen and oxygen atoms in total. The standard InChI is InChI=1S/C19H15FN2O3/c20-15-8-4-9-16(12-15)21-18(23)17-10-5-11-22(19(17)24)25-13-14-6-2-1-3-7-14/h1-12H,13H2,(H,21,23). The van der Waals surface area contributed by atoms with E-state index in [0.717, 1.165) is 10.3 Å². The molecule has 0 aliphatic rings. The van der Waals surface area contributed by atoms with Crippen LogP contribution in [-0.4, -0.2) is 10.6 Å². The van der Waals surface area contributed by atoms with Gasteiger partial charge in [0.25, 0.3) is 11.5 Å². The van der Waals surface area contributed by atoms with Crippen LogP contribution >= 0.6 is 0 Å². The van der Waals surface area contributed by atoms with Crippen molar-refractivity contribution in [3.05, 3.63) is 100 Å². The van der Waals surface area contributed by atoms with Gasteiger partial charge in [0.1, 0.15) is 18.0 Å². The van der Waals surface area contributed by atoms with Gasteiger partial charge < -0.3 is 10.2 Å². The van der Waals surface area contributed by atoms with Gasteiger partial charge in [-0.05, 0) is 35.9 Å². The number of rotatable bonds is 5. The zero-order valence-electron chi connectivity index (χ0n) is 13.2. The molecule has 1 amide bonds. The van der Waals surface area contributed by atoms with Gasteiger partial charge in [0.2, 0.25) is 0 Å². The third kappa shape index (κ3) is 4.11. The molecule has 2 aromatic carbocycles. The van der Waals surface area contributed by atoms with Gasteiger partial charge in [0.15, 0.2) is 0 Å². The minimum Gasteiger partial charge on any atom is -0.406 e. The summed E-state index contributed by atoms with van der Waals surface area (Å²) >= 11 is 0. The Morgan fingerprint density at radius 1 is 1.04 bits per heavy atom. The molecule has 0 bridgehead atoms. The summed E-state index contributed by atoms with van der Waals surface area (Å²) in [5.74, 6) is -1.11. The zero-order chi connectivity index (χ0) is 17.6. The minimum atomic E-state index is -0.631. The fourth-order valence-corrected chi connectivity index (χ4v) is 2.23. The highest BCUT2D eigenvalue weighted by atomic mass is 19.1. The summed E-state index contributed by atoms with van der Waals surface area (Å²) in [6, 6.07) is 17.7. The third-order valence-electron chi connectivity index (χ3n) is 3.46. The molecule has 1 N–H and O–H groups in total. The topological polar surface area (TPSA) is 60.3 Å². The maximum atomic E-state index is 13.2. The van der Waals surface area contributed by atoms with E-state index in [2.05, 4.69) is 5.32 Å². The lowest BCUT2D eigenvalue weighted by Gasteiger charge is -2.10. The normalized spacial score (nSPS) is 10.3. The number of pyridine rings is 1. The summed E-state index contributed by atoms with van der Waals surface area (Å²) in [5.41, 5.74) is 0.473. The molecule has 0 radical (unpaired) electrons. The molecular formula is C19H15FN2O3. The average molecular weight is 338 g/mol. The van der Waals surface area contributed by atoms with Crippen LogP contribution in [0.2, 0.25) is 0 Å². The molecule has 0 atom stereocenters. The van der Waals surface area contributed by atoms with Crippen LogP contribution in [0.5, 0.6) is 0 Å². The van der Waals surface area contributed by atoms with Crippen molar-refractivity contribution in [2.75, 3.05) is 5.32 Å². The highest BCUT2D eigenvalue weighted by Crippen LogP contribution is 2.10. The summed E-state index contributed by atoms with van der Waals surface area (Å²) in [4.78, 5) is 30.1. The smallest absolute Gasteiger partial charge is 0.295 e. The van der Waals surface area contributed by atoms with E-state index >= 15 is 0 Å². The number of anilines is 1. The lowest BCUT2D eigenvalue weighted by molar-refractivity contribution is 0.0863. The van der Waals surface area contributed by atoms with E-state index in [4.69, 9.17) is 4.84 Å². The van der Waals surface area contributed by atoms with E-state index in [0.29, 0.717) is 0 Å². The van der Waals surface area contributed by atoms with Gasteiger partial charge in [-0.25, -0.2) is 4.39 Å². The van der Waals surface area contributed by atoms with Crippen LogP contribution in [0.3, 0.4) is 0 Å². The number of nitrogens with zero attached hydrogens (tertiary/aromatic N) is 1. The molecule has 0 aliphatic heterocycles. The molecule has 3 aromatic rings. The van der Waals surface area contributed by atoms with Crippen molar-refractivity contribution in [2.24, 2.45) is 0 Å². The summed E-state index contributed by atoms with van der Waals surface area (Å²) in [6.07, 6.45) is 1.43. The highest BCUT2D eigenvalue weighted by molar-refractivity contribution is 6.03. The van der Waals surface area contributed by atoms with Crippen LogP contribution in [0.4, 0.5) is 10.1 Å². The molecule has 6 heteroatoms. The van der Waals surface area contributed by atoms with Gasteiger partial charge >= 0.3 is 0 Å². The predicted molar refractivity (Wildman–Crippen MR) is 91.8 cm³/mol. The number of carbonyl (C=O) groups excluding carboxylic acids is 1. The fourth-order valence-electron chi connectivity index (χ4n) is 2.23. The van der Waals surface area contributed by atoms with E-state index in [-0.39, 0.29) is 17.9 Å². The van der Waals surface area contributed by atoms with Crippen molar-refractivity contribution in [3.63, 3.8) is 0 Å². The number of halogens is 1. The van der Waals surface area contributed by atoms with Crippen LogP contribution in [0.15, 0.2) is 77.7 Å². The molecule has 25 heavy (non-hydrogen) atoms. The van der Waals surface area contributed by atoms with Crippen molar-refractivity contribution in [2.45, 2.75) is 6.61 Å². The SMILES string of the molecule is O=C(Nc1cccc(F)c1)c1cccn(OCc2ccccc2)c1=O. The first-order valence-corrected chi connectivity index (χ1v) is 7.59. The van der Waals surface area contributed by atoms with E-state index in [1.54, 1.807) is 0 Å². The number of aromatic nitrogens is 1. The number of benzene rings is 2. The molecule has 0 unspecified atom stereocenters. The zero-order valence-corrected chi connectivity index (χ0v) is 13.2. The van der Waals surface area contributed by atoms with Gasteiger partial charge in [0.05, 0.1) is 0 Å². The highest BCUT2D eigenvalue weighted by Gasteiger charge is 2.13. The maximum Gasteiger partial charge on any atom is 0.295 e. The van der Waals surface area contributed by atoms with E-state index in [1.807, 2.05) is 30.3 Å². The first-order chi connectivity index (χ1) is 12.1. The van der Waals surface area contributed by atoms with Gasteiger partial charge in [-0.3, -0.25) is 9.59 Å². The Hall–Kier alpha value is -3.41. The molecule has 1 heterocycles. The van der Waals surface area contributed by atoms with Crippen LogP contribution < -0.4 is 15.7 Å².